The highest BCUT2D eigenvalue weighted by Gasteiger charge is 2.31. The summed E-state index contributed by atoms with van der Waals surface area (Å²) in [6.45, 7) is 6.41. The fourth-order valence-electron chi connectivity index (χ4n) is 3.19. The number of alkyl carbamates (subject to hydrolysis) is 1. The van der Waals surface area contributed by atoms with Crippen LogP contribution in [-0.4, -0.2) is 45.2 Å². The molecule has 0 aliphatic heterocycles. The summed E-state index contributed by atoms with van der Waals surface area (Å²) >= 11 is 0. The normalized spacial score (nSPS) is 12.9. The molecule has 2 amide bonds. The monoisotopic (exact) mass is 456 g/mol. The maximum absolute atomic E-state index is 13.1. The fourth-order valence-corrected chi connectivity index (χ4v) is 4.70. The van der Waals surface area contributed by atoms with Crippen LogP contribution in [0.25, 0.3) is 0 Å². The third-order valence-electron chi connectivity index (χ3n) is 4.72. The molecule has 2 N–H and O–H groups in total. The van der Waals surface area contributed by atoms with E-state index in [4.69, 9.17) is 9.47 Å². The second-order valence-electron chi connectivity index (χ2n) is 8.80. The van der Waals surface area contributed by atoms with E-state index < -0.39 is 38.1 Å². The van der Waals surface area contributed by atoms with Crippen LogP contribution in [-0.2, 0) is 32.1 Å². The zero-order chi connectivity index (χ0) is 23.6. The van der Waals surface area contributed by atoms with Crippen molar-refractivity contribution in [1.29, 1.82) is 0 Å². The smallest absolute Gasteiger partial charge is 0.408 e. The van der Waals surface area contributed by atoms with E-state index in [1.165, 1.54) is 7.11 Å². The molecule has 172 valence electrons. The van der Waals surface area contributed by atoms with E-state index in [1.807, 2.05) is 60.7 Å². The molecule has 0 unspecified atom stereocenters. The summed E-state index contributed by atoms with van der Waals surface area (Å²) in [5.41, 5.74) is 1.74. The van der Waals surface area contributed by atoms with Gasteiger partial charge in [-0.1, -0.05) is 80.3 Å². The number of ether oxygens (including phenoxy) is 2. The molecule has 0 aromatic heterocycles. The number of methoxy groups -OCH3 is 1. The highest BCUT2D eigenvalue weighted by atomic mass is 28.3. The Morgan fingerprint density at radius 3 is 1.94 bits per heavy atom. The van der Waals surface area contributed by atoms with Crippen molar-refractivity contribution in [3.63, 3.8) is 0 Å². The van der Waals surface area contributed by atoms with Crippen molar-refractivity contribution in [2.45, 2.75) is 50.8 Å². The first-order valence-corrected chi connectivity index (χ1v) is 14.3. The second-order valence-corrected chi connectivity index (χ2v) is 14.3. The SMILES string of the molecule is COC(=O)[C@H](Cc1ccccc1)NC(=O)[C@H](C[Si](C)(C)C)NC(=O)OCc1ccccc1. The van der Waals surface area contributed by atoms with Crippen molar-refractivity contribution in [2.75, 3.05) is 7.11 Å². The van der Waals surface area contributed by atoms with Gasteiger partial charge in [0.25, 0.3) is 0 Å². The minimum Gasteiger partial charge on any atom is -0.467 e. The molecule has 0 saturated carbocycles. The Balaban J connectivity index is 2.06. The van der Waals surface area contributed by atoms with Crippen molar-refractivity contribution < 1.29 is 23.9 Å². The van der Waals surface area contributed by atoms with E-state index in [2.05, 4.69) is 30.3 Å². The van der Waals surface area contributed by atoms with Crippen molar-refractivity contribution in [3.05, 3.63) is 71.8 Å². The van der Waals surface area contributed by atoms with Gasteiger partial charge in [-0.05, 0) is 17.2 Å². The van der Waals surface area contributed by atoms with Crippen LogP contribution in [0.5, 0.6) is 0 Å². The fraction of sp³-hybridized carbons (Fsp3) is 0.375. The van der Waals surface area contributed by atoms with Crippen LogP contribution in [0, 0.1) is 0 Å². The molecule has 0 saturated heterocycles. The molecule has 0 aliphatic carbocycles. The summed E-state index contributed by atoms with van der Waals surface area (Å²) in [6.07, 6.45) is -0.387. The van der Waals surface area contributed by atoms with E-state index in [1.54, 1.807) is 0 Å². The molecule has 7 nitrogen and oxygen atoms in total. The zero-order valence-corrected chi connectivity index (χ0v) is 20.1. The van der Waals surface area contributed by atoms with Gasteiger partial charge in [-0.15, -0.1) is 0 Å². The predicted octanol–water partition coefficient (Wildman–Crippen LogP) is 3.52. The molecule has 2 rings (SSSR count). The van der Waals surface area contributed by atoms with Crippen LogP contribution < -0.4 is 10.6 Å². The first-order valence-electron chi connectivity index (χ1n) is 10.6. The Hall–Kier alpha value is -3.13. The standard InChI is InChI=1S/C24H32N2O5Si/c1-30-23(28)20(15-18-11-7-5-8-12-18)25-22(27)21(17-32(2,3)4)26-24(29)31-16-19-13-9-6-10-14-19/h5-14,20-21H,15-17H2,1-4H3,(H,25,27)(H,26,29)/t20-,21-/m0/s1. The highest BCUT2D eigenvalue weighted by molar-refractivity contribution is 6.76. The van der Waals surface area contributed by atoms with Gasteiger partial charge in [-0.2, -0.15) is 0 Å². The van der Waals surface area contributed by atoms with Crippen LogP contribution in [0.15, 0.2) is 60.7 Å². The lowest BCUT2D eigenvalue weighted by Crippen LogP contribution is -2.54. The minimum absolute atomic E-state index is 0.104. The molecule has 0 bridgehead atoms. The molecule has 2 atom stereocenters. The molecule has 2 aromatic rings. The van der Waals surface area contributed by atoms with E-state index in [0.29, 0.717) is 6.04 Å². The Morgan fingerprint density at radius 2 is 1.41 bits per heavy atom. The van der Waals surface area contributed by atoms with Gasteiger partial charge in [0.2, 0.25) is 5.91 Å². The van der Waals surface area contributed by atoms with E-state index in [-0.39, 0.29) is 13.0 Å². The van der Waals surface area contributed by atoms with Gasteiger partial charge in [-0.3, -0.25) is 4.79 Å². The quantitative estimate of drug-likeness (QED) is 0.421. The molecule has 0 heterocycles. The lowest BCUT2D eigenvalue weighted by Gasteiger charge is -2.26. The maximum Gasteiger partial charge on any atom is 0.408 e. The van der Waals surface area contributed by atoms with Crippen molar-refractivity contribution in [1.82, 2.24) is 10.6 Å². The molecule has 0 spiro atoms. The predicted molar refractivity (Wildman–Crippen MR) is 126 cm³/mol. The molecule has 32 heavy (non-hydrogen) atoms. The Morgan fingerprint density at radius 1 is 0.844 bits per heavy atom. The van der Waals surface area contributed by atoms with Crippen molar-refractivity contribution in [2.24, 2.45) is 0 Å². The van der Waals surface area contributed by atoms with Gasteiger partial charge in [0.1, 0.15) is 18.7 Å². The van der Waals surface area contributed by atoms with Crippen LogP contribution in [0.2, 0.25) is 25.7 Å². The number of nitrogens with one attached hydrogen (secondary N) is 2. The van der Waals surface area contributed by atoms with Crippen LogP contribution >= 0.6 is 0 Å². The average Bonchev–Trinajstić information content (AvgIpc) is 2.76. The molecular weight excluding hydrogens is 424 g/mol. The summed E-state index contributed by atoms with van der Waals surface area (Å²) in [6, 6.07) is 17.5. The van der Waals surface area contributed by atoms with Gasteiger partial charge in [0, 0.05) is 14.5 Å². The molecule has 0 radical (unpaired) electrons. The lowest BCUT2D eigenvalue weighted by molar-refractivity contribution is -0.145. The van der Waals surface area contributed by atoms with E-state index >= 15 is 0 Å². The zero-order valence-electron chi connectivity index (χ0n) is 19.1. The third kappa shape index (κ3) is 8.93. The van der Waals surface area contributed by atoms with E-state index in [9.17, 15) is 14.4 Å². The van der Waals surface area contributed by atoms with Crippen LogP contribution in [0.4, 0.5) is 4.79 Å². The number of hydrogen-bond acceptors (Lipinski definition) is 5. The number of carbonyl (C=O) groups is 3. The Kier molecular flexibility index (Phi) is 9.46. The van der Waals surface area contributed by atoms with Crippen LogP contribution in [0.3, 0.4) is 0 Å². The summed E-state index contributed by atoms with van der Waals surface area (Å²) in [5, 5.41) is 5.44. The summed E-state index contributed by atoms with van der Waals surface area (Å²) in [5.74, 6) is -0.976. The second kappa shape index (κ2) is 12.0. The summed E-state index contributed by atoms with van der Waals surface area (Å²) < 4.78 is 10.2. The van der Waals surface area contributed by atoms with Gasteiger partial charge in [0.15, 0.2) is 0 Å². The molecular formula is C24H32N2O5Si. The van der Waals surface area contributed by atoms with Crippen LogP contribution in [0.1, 0.15) is 11.1 Å². The largest absolute Gasteiger partial charge is 0.467 e. The number of carbonyl (C=O) groups excluding carboxylic acids is 3. The van der Waals surface area contributed by atoms with Gasteiger partial charge >= 0.3 is 12.1 Å². The maximum atomic E-state index is 13.1. The minimum atomic E-state index is -1.74. The summed E-state index contributed by atoms with van der Waals surface area (Å²) in [7, 11) is -0.462. The first-order chi connectivity index (χ1) is 15.2. The average molecular weight is 457 g/mol. The molecule has 8 heteroatoms. The topological polar surface area (TPSA) is 93.7 Å². The third-order valence-corrected chi connectivity index (χ3v) is 6.36. The number of rotatable bonds is 10. The highest BCUT2D eigenvalue weighted by Crippen LogP contribution is 2.13. The first kappa shape index (κ1) is 25.1. The summed E-state index contributed by atoms with van der Waals surface area (Å²) in [4.78, 5) is 37.8. The molecule has 0 aliphatic rings. The molecule has 0 fully saturated rings. The number of amides is 2. The number of esters is 1. The van der Waals surface area contributed by atoms with Gasteiger partial charge < -0.3 is 20.1 Å². The number of benzene rings is 2. The van der Waals surface area contributed by atoms with Crippen molar-refractivity contribution >= 4 is 26.0 Å². The molecule has 2 aromatic carbocycles. The van der Waals surface area contributed by atoms with Crippen molar-refractivity contribution in [3.8, 4) is 0 Å². The lowest BCUT2D eigenvalue weighted by atomic mass is 10.1. The Labute approximate surface area is 190 Å². The number of hydrogen-bond donors (Lipinski definition) is 2. The Bertz CT molecular complexity index is 884. The van der Waals surface area contributed by atoms with Gasteiger partial charge in [0.05, 0.1) is 7.11 Å². The van der Waals surface area contributed by atoms with E-state index in [0.717, 1.165) is 11.1 Å². The van der Waals surface area contributed by atoms with Gasteiger partial charge in [-0.25, -0.2) is 9.59 Å².